The zero-order valence-electron chi connectivity index (χ0n) is 22.2. The fraction of sp³-hybridized carbons (Fsp3) is 0.241. The van der Waals surface area contributed by atoms with Gasteiger partial charge in [0.05, 0.1) is 24.4 Å². The Hall–Kier alpha value is -4.20. The van der Waals surface area contributed by atoms with Crippen LogP contribution in [0.15, 0.2) is 58.9 Å². The molecule has 1 atom stereocenters. The van der Waals surface area contributed by atoms with E-state index in [2.05, 4.69) is 26.2 Å². The van der Waals surface area contributed by atoms with Crippen molar-refractivity contribution < 1.29 is 18.6 Å². The monoisotopic (exact) mass is 588 g/mol. The summed E-state index contributed by atoms with van der Waals surface area (Å²) in [7, 11) is 0. The molecule has 3 heterocycles. The Kier molecular flexibility index (Phi) is 8.38. The molecule has 1 aliphatic rings. The summed E-state index contributed by atoms with van der Waals surface area (Å²) in [5, 5.41) is 16.2. The van der Waals surface area contributed by atoms with Crippen LogP contribution in [0.5, 0.6) is 5.75 Å². The van der Waals surface area contributed by atoms with Gasteiger partial charge in [0.2, 0.25) is 5.69 Å². The number of benzene rings is 2. The molecule has 0 bridgehead atoms. The molecule has 4 aromatic rings. The molecule has 0 radical (unpaired) electrons. The maximum Gasteiger partial charge on any atom is 0.236 e. The van der Waals surface area contributed by atoms with Crippen LogP contribution in [0.3, 0.4) is 0 Å². The van der Waals surface area contributed by atoms with Crippen LogP contribution in [0.4, 0.5) is 26.7 Å². The molecule has 2 aromatic heterocycles. The molecule has 41 heavy (non-hydrogen) atoms. The molecule has 208 valence electrons. The van der Waals surface area contributed by atoms with Crippen LogP contribution in [0, 0.1) is 23.7 Å². The third-order valence-corrected chi connectivity index (χ3v) is 7.85. The minimum Gasteiger partial charge on any atom is -0.491 e. The summed E-state index contributed by atoms with van der Waals surface area (Å²) in [6.45, 7) is 12.2. The summed E-state index contributed by atoms with van der Waals surface area (Å²) in [6.07, 6.45) is -0.171. The van der Waals surface area contributed by atoms with Crippen LogP contribution in [0.1, 0.15) is 25.1 Å². The smallest absolute Gasteiger partial charge is 0.236 e. The topological polar surface area (TPSA) is 120 Å². The average molecular weight is 589 g/mol. The van der Waals surface area contributed by atoms with Gasteiger partial charge in [-0.05, 0) is 55.8 Å². The lowest BCUT2D eigenvalue weighted by Crippen LogP contribution is -2.25. The summed E-state index contributed by atoms with van der Waals surface area (Å²) in [6, 6.07) is 15.4. The Morgan fingerprint density at radius 3 is 2.66 bits per heavy atom. The summed E-state index contributed by atoms with van der Waals surface area (Å²) in [5.41, 5.74) is 9.14. The normalized spacial score (nSPS) is 15.7. The fourth-order valence-corrected chi connectivity index (χ4v) is 5.88. The number of nitriles is 1. The molecule has 2 aromatic carbocycles. The SMILES string of the molecule is [C-]#[N+]c1c(N)nc(SCc2csc(Nc3ccc(F)cc3)n2)c(C#N)c1-c1ccc(OC[C@H]2COC(C)(C)O2)cc1. The van der Waals surface area contributed by atoms with E-state index < -0.39 is 5.79 Å². The van der Waals surface area contributed by atoms with Gasteiger partial charge in [-0.25, -0.2) is 19.2 Å². The quantitative estimate of drug-likeness (QED) is 0.159. The lowest BCUT2D eigenvalue weighted by molar-refractivity contribution is -0.141. The molecule has 0 spiro atoms. The fourth-order valence-electron chi connectivity index (χ4n) is 4.16. The first-order valence-corrected chi connectivity index (χ1v) is 14.4. The van der Waals surface area contributed by atoms with Gasteiger partial charge in [0, 0.05) is 22.4 Å². The largest absolute Gasteiger partial charge is 0.491 e. The Balaban J connectivity index is 1.32. The first-order valence-electron chi connectivity index (χ1n) is 12.5. The van der Waals surface area contributed by atoms with E-state index >= 15 is 0 Å². The molecule has 1 fully saturated rings. The molecular formula is C29H25FN6O3S2. The molecule has 0 amide bonds. The average Bonchev–Trinajstić information content (AvgIpc) is 3.56. The van der Waals surface area contributed by atoms with Crippen molar-refractivity contribution in [3.63, 3.8) is 0 Å². The van der Waals surface area contributed by atoms with Crippen molar-refractivity contribution in [2.75, 3.05) is 24.3 Å². The third kappa shape index (κ3) is 6.76. The van der Waals surface area contributed by atoms with E-state index in [-0.39, 0.29) is 29.0 Å². The second kappa shape index (κ2) is 12.1. The molecule has 1 aliphatic heterocycles. The van der Waals surface area contributed by atoms with Crippen LogP contribution in [-0.4, -0.2) is 35.1 Å². The number of ether oxygens (including phenoxy) is 3. The number of hydrogen-bond donors (Lipinski definition) is 2. The summed E-state index contributed by atoms with van der Waals surface area (Å²) < 4.78 is 30.4. The number of anilines is 3. The van der Waals surface area contributed by atoms with Crippen molar-refractivity contribution >= 4 is 45.4 Å². The molecule has 0 saturated carbocycles. The number of thioether (sulfide) groups is 1. The summed E-state index contributed by atoms with van der Waals surface area (Å²) in [5.74, 6) is 0.163. The van der Waals surface area contributed by atoms with Crippen molar-refractivity contribution in [1.82, 2.24) is 9.97 Å². The molecule has 12 heteroatoms. The first-order chi connectivity index (χ1) is 19.7. The number of nitrogens with zero attached hydrogens (tertiary/aromatic N) is 4. The second-order valence-electron chi connectivity index (χ2n) is 9.48. The highest BCUT2D eigenvalue weighted by Gasteiger charge is 2.33. The number of nitrogens with one attached hydrogen (secondary N) is 1. The number of thiazole rings is 1. The van der Waals surface area contributed by atoms with E-state index in [1.54, 1.807) is 36.4 Å². The highest BCUT2D eigenvalue weighted by atomic mass is 32.2. The minimum atomic E-state index is -0.624. The standard InChI is InChI=1S/C29H25FN6O3S2/c1-29(2)38-14-22(39-29)13-37-21-10-4-17(5-11-21)24-23(12-31)27(36-26(32)25(24)33-3)40-15-20-16-41-28(35-20)34-19-8-6-18(30)7-9-19/h4-11,16,22H,13-15H2,1-2H3,(H2,32,36)(H,34,35)/t22-/m0/s1. The van der Waals surface area contributed by atoms with Crippen LogP contribution < -0.4 is 15.8 Å². The maximum atomic E-state index is 13.2. The van der Waals surface area contributed by atoms with E-state index in [9.17, 15) is 9.65 Å². The Labute approximate surface area is 244 Å². The zero-order valence-corrected chi connectivity index (χ0v) is 23.8. The molecule has 0 aliphatic carbocycles. The zero-order chi connectivity index (χ0) is 29.0. The molecule has 5 rings (SSSR count). The van der Waals surface area contributed by atoms with Crippen LogP contribution in [0.25, 0.3) is 16.0 Å². The molecule has 3 N–H and O–H groups in total. The van der Waals surface area contributed by atoms with Crippen LogP contribution in [-0.2, 0) is 15.2 Å². The van der Waals surface area contributed by atoms with Gasteiger partial charge in [0.1, 0.15) is 41.2 Å². The lowest BCUT2D eigenvalue weighted by atomic mass is 10.00. The van der Waals surface area contributed by atoms with Crippen molar-refractivity contribution in [3.8, 4) is 22.9 Å². The van der Waals surface area contributed by atoms with E-state index in [4.69, 9.17) is 26.5 Å². The Morgan fingerprint density at radius 2 is 2.00 bits per heavy atom. The Bertz CT molecular complexity index is 1630. The van der Waals surface area contributed by atoms with Gasteiger partial charge >= 0.3 is 0 Å². The van der Waals surface area contributed by atoms with Gasteiger partial charge in [0.25, 0.3) is 0 Å². The van der Waals surface area contributed by atoms with E-state index in [1.807, 2.05) is 19.2 Å². The number of aromatic nitrogens is 2. The number of nitrogen functional groups attached to an aromatic ring is 1. The van der Waals surface area contributed by atoms with Gasteiger partial charge in [-0.15, -0.1) is 11.3 Å². The highest BCUT2D eigenvalue weighted by Crippen LogP contribution is 2.42. The van der Waals surface area contributed by atoms with Gasteiger partial charge in [-0.2, -0.15) is 5.26 Å². The number of halogens is 1. The number of rotatable bonds is 9. The highest BCUT2D eigenvalue weighted by molar-refractivity contribution is 7.98. The first kappa shape index (κ1) is 28.3. The van der Waals surface area contributed by atoms with Gasteiger partial charge in [0.15, 0.2) is 10.9 Å². The number of hydrogen-bond acceptors (Lipinski definition) is 10. The van der Waals surface area contributed by atoms with Crippen LogP contribution in [0.2, 0.25) is 0 Å². The molecule has 9 nitrogen and oxygen atoms in total. The van der Waals surface area contributed by atoms with Crippen LogP contribution >= 0.6 is 23.1 Å². The van der Waals surface area contributed by atoms with E-state index in [1.165, 1.54) is 35.2 Å². The number of pyridine rings is 1. The van der Waals surface area contributed by atoms with E-state index in [0.717, 1.165) is 11.4 Å². The summed E-state index contributed by atoms with van der Waals surface area (Å²) in [4.78, 5) is 12.5. The maximum absolute atomic E-state index is 13.2. The minimum absolute atomic E-state index is 0.0507. The van der Waals surface area contributed by atoms with Gasteiger partial charge in [-0.3, -0.25) is 0 Å². The van der Waals surface area contributed by atoms with Crippen molar-refractivity contribution in [2.24, 2.45) is 0 Å². The van der Waals surface area contributed by atoms with Crippen molar-refractivity contribution in [1.29, 1.82) is 5.26 Å². The van der Waals surface area contributed by atoms with Gasteiger partial charge < -0.3 is 25.3 Å². The third-order valence-electron chi connectivity index (χ3n) is 6.04. The molecular weight excluding hydrogens is 563 g/mol. The molecule has 1 saturated heterocycles. The Morgan fingerprint density at radius 1 is 1.24 bits per heavy atom. The second-order valence-corrected chi connectivity index (χ2v) is 11.3. The predicted molar refractivity (Wildman–Crippen MR) is 157 cm³/mol. The van der Waals surface area contributed by atoms with E-state index in [0.29, 0.717) is 46.0 Å². The predicted octanol–water partition coefficient (Wildman–Crippen LogP) is 6.92. The van der Waals surface area contributed by atoms with Crippen molar-refractivity contribution in [3.05, 3.63) is 82.4 Å². The number of nitrogens with two attached hydrogens (primary N) is 1. The van der Waals surface area contributed by atoms with Crippen molar-refractivity contribution in [2.45, 2.75) is 36.5 Å². The molecule has 0 unspecified atom stereocenters. The summed E-state index contributed by atoms with van der Waals surface area (Å²) >= 11 is 2.72. The van der Waals surface area contributed by atoms with Gasteiger partial charge in [-0.1, -0.05) is 23.9 Å². The lowest BCUT2D eigenvalue weighted by Gasteiger charge is -2.17.